The minimum Gasteiger partial charge on any atom is -0.376 e. The van der Waals surface area contributed by atoms with Crippen molar-refractivity contribution in [1.82, 2.24) is 9.88 Å². The number of hydrogen-bond donors (Lipinski definition) is 0. The Labute approximate surface area is 114 Å². The van der Waals surface area contributed by atoms with Gasteiger partial charge in [0.25, 0.3) is 0 Å². The molecule has 3 nitrogen and oxygen atoms in total. The molecule has 0 unspecified atom stereocenters. The summed E-state index contributed by atoms with van der Waals surface area (Å²) >= 11 is 0. The SMILES string of the molecule is C[C@@H]1CN(Cc2cccc3cccnc23)[C@@H](C)CO1. The Balaban J connectivity index is 1.88. The molecule has 2 heterocycles. The maximum atomic E-state index is 5.69. The Kier molecular flexibility index (Phi) is 3.49. The topological polar surface area (TPSA) is 25.4 Å². The zero-order valence-electron chi connectivity index (χ0n) is 11.5. The molecule has 0 spiro atoms. The minimum atomic E-state index is 0.319. The molecule has 1 saturated heterocycles. The van der Waals surface area contributed by atoms with E-state index in [0.29, 0.717) is 12.1 Å². The standard InChI is InChI=1S/C16H20N2O/c1-12-11-19-13(2)9-18(12)10-15-6-3-5-14-7-4-8-17-16(14)15/h3-8,12-13H,9-11H2,1-2H3/t12-,13+/m0/s1. The van der Waals surface area contributed by atoms with Gasteiger partial charge < -0.3 is 4.74 Å². The van der Waals surface area contributed by atoms with Gasteiger partial charge in [0.1, 0.15) is 0 Å². The van der Waals surface area contributed by atoms with E-state index in [0.717, 1.165) is 25.2 Å². The highest BCUT2D eigenvalue weighted by Gasteiger charge is 2.23. The predicted octanol–water partition coefficient (Wildman–Crippen LogP) is 2.84. The average Bonchev–Trinajstić information content (AvgIpc) is 2.43. The third-order valence-electron chi connectivity index (χ3n) is 3.83. The monoisotopic (exact) mass is 256 g/mol. The van der Waals surface area contributed by atoms with Gasteiger partial charge in [-0.05, 0) is 25.5 Å². The van der Waals surface area contributed by atoms with E-state index in [1.807, 2.05) is 12.3 Å². The lowest BCUT2D eigenvalue weighted by Crippen LogP contribution is -2.46. The van der Waals surface area contributed by atoms with Crippen molar-refractivity contribution in [3.05, 3.63) is 42.1 Å². The van der Waals surface area contributed by atoms with Crippen molar-refractivity contribution < 1.29 is 4.74 Å². The molecule has 100 valence electrons. The number of fused-ring (bicyclic) bond motifs is 1. The van der Waals surface area contributed by atoms with Crippen molar-refractivity contribution in [2.45, 2.75) is 32.5 Å². The first kappa shape index (κ1) is 12.6. The second-order valence-corrected chi connectivity index (χ2v) is 5.41. The summed E-state index contributed by atoms with van der Waals surface area (Å²) < 4.78 is 5.69. The molecule has 1 aliphatic heterocycles. The van der Waals surface area contributed by atoms with Crippen molar-refractivity contribution in [1.29, 1.82) is 0 Å². The Hall–Kier alpha value is -1.45. The summed E-state index contributed by atoms with van der Waals surface area (Å²) in [4.78, 5) is 7.02. The van der Waals surface area contributed by atoms with E-state index < -0.39 is 0 Å². The van der Waals surface area contributed by atoms with E-state index in [2.05, 4.69) is 48.0 Å². The highest BCUT2D eigenvalue weighted by atomic mass is 16.5. The third kappa shape index (κ3) is 2.62. The summed E-state index contributed by atoms with van der Waals surface area (Å²) in [6.07, 6.45) is 2.19. The molecule has 1 aromatic carbocycles. The molecule has 0 saturated carbocycles. The largest absolute Gasteiger partial charge is 0.376 e. The van der Waals surface area contributed by atoms with E-state index in [1.165, 1.54) is 10.9 Å². The Morgan fingerprint density at radius 3 is 3.00 bits per heavy atom. The molecule has 0 bridgehead atoms. The van der Waals surface area contributed by atoms with Crippen LogP contribution in [0.25, 0.3) is 10.9 Å². The molecule has 2 atom stereocenters. The molecule has 19 heavy (non-hydrogen) atoms. The molecular formula is C16H20N2O. The van der Waals surface area contributed by atoms with Crippen LogP contribution in [0.1, 0.15) is 19.4 Å². The van der Waals surface area contributed by atoms with Crippen LogP contribution in [0.15, 0.2) is 36.5 Å². The minimum absolute atomic E-state index is 0.319. The van der Waals surface area contributed by atoms with Crippen LogP contribution in [-0.4, -0.2) is 35.2 Å². The van der Waals surface area contributed by atoms with Crippen LogP contribution in [0, 0.1) is 0 Å². The van der Waals surface area contributed by atoms with Gasteiger partial charge in [-0.1, -0.05) is 24.3 Å². The molecule has 2 aromatic rings. The number of rotatable bonds is 2. The number of aromatic nitrogens is 1. The number of pyridine rings is 1. The highest BCUT2D eigenvalue weighted by molar-refractivity contribution is 5.81. The number of nitrogens with zero attached hydrogens (tertiary/aromatic N) is 2. The fourth-order valence-corrected chi connectivity index (χ4v) is 2.71. The van der Waals surface area contributed by atoms with E-state index in [9.17, 15) is 0 Å². The van der Waals surface area contributed by atoms with Crippen LogP contribution in [0.4, 0.5) is 0 Å². The summed E-state index contributed by atoms with van der Waals surface area (Å²) in [5, 5.41) is 1.22. The Bertz CT molecular complexity index is 564. The summed E-state index contributed by atoms with van der Waals surface area (Å²) in [5.41, 5.74) is 2.43. The van der Waals surface area contributed by atoms with Crippen molar-refractivity contribution in [3.8, 4) is 0 Å². The van der Waals surface area contributed by atoms with Crippen LogP contribution < -0.4 is 0 Å². The maximum Gasteiger partial charge on any atom is 0.0746 e. The molecule has 1 fully saturated rings. The van der Waals surface area contributed by atoms with Crippen molar-refractivity contribution in [2.24, 2.45) is 0 Å². The molecule has 0 amide bonds. The summed E-state index contributed by atoms with van der Waals surface area (Å²) in [6, 6.07) is 11.0. The van der Waals surface area contributed by atoms with E-state index in [4.69, 9.17) is 4.74 Å². The van der Waals surface area contributed by atoms with E-state index in [-0.39, 0.29) is 0 Å². The molecule has 0 N–H and O–H groups in total. The van der Waals surface area contributed by atoms with Gasteiger partial charge in [0, 0.05) is 30.7 Å². The first-order valence-corrected chi connectivity index (χ1v) is 6.92. The number of benzene rings is 1. The number of hydrogen-bond acceptors (Lipinski definition) is 3. The smallest absolute Gasteiger partial charge is 0.0746 e. The lowest BCUT2D eigenvalue weighted by atomic mass is 10.1. The van der Waals surface area contributed by atoms with E-state index in [1.54, 1.807) is 0 Å². The van der Waals surface area contributed by atoms with E-state index >= 15 is 0 Å². The Morgan fingerprint density at radius 1 is 1.26 bits per heavy atom. The summed E-state index contributed by atoms with van der Waals surface area (Å²) in [7, 11) is 0. The first-order valence-electron chi connectivity index (χ1n) is 6.92. The summed E-state index contributed by atoms with van der Waals surface area (Å²) in [5.74, 6) is 0. The molecule has 1 aliphatic rings. The van der Waals surface area contributed by atoms with Crippen LogP contribution in [0.5, 0.6) is 0 Å². The van der Waals surface area contributed by atoms with Crippen molar-refractivity contribution >= 4 is 10.9 Å². The number of para-hydroxylation sites is 1. The van der Waals surface area contributed by atoms with Crippen LogP contribution in [0.3, 0.4) is 0 Å². The zero-order chi connectivity index (χ0) is 13.2. The van der Waals surface area contributed by atoms with Gasteiger partial charge in [-0.15, -0.1) is 0 Å². The van der Waals surface area contributed by atoms with Gasteiger partial charge in [0.2, 0.25) is 0 Å². The zero-order valence-corrected chi connectivity index (χ0v) is 11.5. The van der Waals surface area contributed by atoms with Gasteiger partial charge in [-0.3, -0.25) is 9.88 Å². The molecule has 3 heteroatoms. The predicted molar refractivity (Wildman–Crippen MR) is 77.0 cm³/mol. The molecule has 0 aliphatic carbocycles. The van der Waals surface area contributed by atoms with Gasteiger partial charge in [0.05, 0.1) is 18.2 Å². The first-order chi connectivity index (χ1) is 9.24. The highest BCUT2D eigenvalue weighted by Crippen LogP contribution is 2.20. The average molecular weight is 256 g/mol. The quantitative estimate of drug-likeness (QED) is 0.826. The fraction of sp³-hybridized carbons (Fsp3) is 0.438. The molecule has 0 radical (unpaired) electrons. The number of ether oxygens (including phenoxy) is 1. The maximum absolute atomic E-state index is 5.69. The van der Waals surface area contributed by atoms with Gasteiger partial charge >= 0.3 is 0 Å². The number of morpholine rings is 1. The molecule has 1 aromatic heterocycles. The second kappa shape index (κ2) is 5.27. The normalized spacial score (nSPS) is 24.7. The lowest BCUT2D eigenvalue weighted by molar-refractivity contribution is -0.0525. The summed E-state index contributed by atoms with van der Waals surface area (Å²) in [6.45, 7) is 7.12. The van der Waals surface area contributed by atoms with Gasteiger partial charge in [-0.2, -0.15) is 0 Å². The molecular weight excluding hydrogens is 236 g/mol. The van der Waals surface area contributed by atoms with Gasteiger partial charge in [-0.25, -0.2) is 0 Å². The third-order valence-corrected chi connectivity index (χ3v) is 3.83. The Morgan fingerprint density at radius 2 is 2.11 bits per heavy atom. The van der Waals surface area contributed by atoms with Crippen molar-refractivity contribution in [2.75, 3.05) is 13.2 Å². The molecule has 3 rings (SSSR count). The van der Waals surface area contributed by atoms with Crippen molar-refractivity contribution in [3.63, 3.8) is 0 Å². The lowest BCUT2D eigenvalue weighted by Gasteiger charge is -2.36. The van der Waals surface area contributed by atoms with Crippen LogP contribution in [-0.2, 0) is 11.3 Å². The van der Waals surface area contributed by atoms with Crippen LogP contribution >= 0.6 is 0 Å². The van der Waals surface area contributed by atoms with Gasteiger partial charge in [0.15, 0.2) is 0 Å². The fourth-order valence-electron chi connectivity index (χ4n) is 2.71. The van der Waals surface area contributed by atoms with Crippen LogP contribution in [0.2, 0.25) is 0 Å². The second-order valence-electron chi connectivity index (χ2n) is 5.41.